The number of nitro groups is 1. The van der Waals surface area contributed by atoms with Crippen LogP contribution in [0, 0.1) is 15.9 Å². The summed E-state index contributed by atoms with van der Waals surface area (Å²) in [6, 6.07) is 6.50. The monoisotopic (exact) mass is 310 g/mol. The maximum atomic E-state index is 13.5. The first-order valence-corrected chi connectivity index (χ1v) is 6.00. The van der Waals surface area contributed by atoms with E-state index in [2.05, 4.69) is 5.32 Å². The number of halogens is 2. The molecule has 0 unspecified atom stereocenters. The van der Waals surface area contributed by atoms with Gasteiger partial charge in [0.15, 0.2) is 0 Å². The molecular formula is C13H8ClFN2O4. The Kier molecular flexibility index (Phi) is 4.04. The van der Waals surface area contributed by atoms with Crippen LogP contribution >= 0.6 is 11.6 Å². The van der Waals surface area contributed by atoms with Gasteiger partial charge in [0.25, 0.3) is 11.6 Å². The van der Waals surface area contributed by atoms with Crippen molar-refractivity contribution < 1.29 is 19.2 Å². The third-order valence-corrected chi connectivity index (χ3v) is 2.83. The number of carbonyl (C=O) groups is 1. The molecule has 1 amide bonds. The first-order chi connectivity index (χ1) is 9.88. The lowest BCUT2D eigenvalue weighted by molar-refractivity contribution is -0.385. The molecule has 0 saturated heterocycles. The standard InChI is InChI=1S/C13H8ClFN2O4/c14-7-1-3-10(15)11(5-7)16-13(19)9-6-8(18)2-4-12(9)17(20)21/h1-6,18H,(H,16,19). The Hall–Kier alpha value is -2.67. The van der Waals surface area contributed by atoms with E-state index in [9.17, 15) is 24.4 Å². The number of nitrogens with one attached hydrogen (secondary N) is 1. The van der Waals surface area contributed by atoms with Gasteiger partial charge in [-0.15, -0.1) is 0 Å². The average molecular weight is 311 g/mol. The lowest BCUT2D eigenvalue weighted by Crippen LogP contribution is -2.14. The second-order valence-corrected chi connectivity index (χ2v) is 4.47. The summed E-state index contributed by atoms with van der Waals surface area (Å²) >= 11 is 5.69. The average Bonchev–Trinajstić information content (AvgIpc) is 2.42. The van der Waals surface area contributed by atoms with Gasteiger partial charge in [0, 0.05) is 11.1 Å². The predicted octanol–water partition coefficient (Wildman–Crippen LogP) is 3.35. The van der Waals surface area contributed by atoms with Crippen LogP contribution in [0.4, 0.5) is 15.8 Å². The topological polar surface area (TPSA) is 92.5 Å². The fraction of sp³-hybridized carbons (Fsp3) is 0. The molecule has 0 saturated carbocycles. The number of anilines is 1. The van der Waals surface area contributed by atoms with Crippen molar-refractivity contribution in [1.82, 2.24) is 0 Å². The predicted molar refractivity (Wildman–Crippen MR) is 74.1 cm³/mol. The van der Waals surface area contributed by atoms with E-state index < -0.39 is 22.3 Å². The van der Waals surface area contributed by atoms with Gasteiger partial charge in [0.05, 0.1) is 10.6 Å². The number of hydrogen-bond acceptors (Lipinski definition) is 4. The van der Waals surface area contributed by atoms with E-state index in [0.29, 0.717) is 0 Å². The van der Waals surface area contributed by atoms with Gasteiger partial charge in [0.1, 0.15) is 17.1 Å². The molecule has 0 aromatic heterocycles. The molecule has 8 heteroatoms. The quantitative estimate of drug-likeness (QED) is 0.671. The van der Waals surface area contributed by atoms with Crippen LogP contribution in [0.25, 0.3) is 0 Å². The van der Waals surface area contributed by atoms with Crippen molar-refractivity contribution in [2.45, 2.75) is 0 Å². The largest absolute Gasteiger partial charge is 0.508 e. The van der Waals surface area contributed by atoms with Gasteiger partial charge in [-0.1, -0.05) is 11.6 Å². The number of amides is 1. The Balaban J connectivity index is 2.39. The minimum Gasteiger partial charge on any atom is -0.508 e. The third kappa shape index (κ3) is 3.26. The smallest absolute Gasteiger partial charge is 0.282 e. The lowest BCUT2D eigenvalue weighted by Gasteiger charge is -2.07. The Labute approximate surface area is 122 Å². The number of rotatable bonds is 3. The minimum atomic E-state index is -0.932. The Morgan fingerprint density at radius 1 is 1.29 bits per heavy atom. The van der Waals surface area contributed by atoms with Crippen molar-refractivity contribution in [2.24, 2.45) is 0 Å². The third-order valence-electron chi connectivity index (χ3n) is 2.60. The number of phenolic OH excluding ortho intramolecular Hbond substituents is 1. The zero-order valence-electron chi connectivity index (χ0n) is 10.3. The van der Waals surface area contributed by atoms with Gasteiger partial charge in [0.2, 0.25) is 0 Å². The van der Waals surface area contributed by atoms with Crippen LogP contribution in [0.3, 0.4) is 0 Å². The molecule has 2 aromatic carbocycles. The van der Waals surface area contributed by atoms with E-state index in [4.69, 9.17) is 11.6 Å². The molecule has 108 valence electrons. The number of phenols is 1. The first kappa shape index (κ1) is 14.7. The highest BCUT2D eigenvalue weighted by Crippen LogP contribution is 2.26. The van der Waals surface area contributed by atoms with Crippen LogP contribution in [0.15, 0.2) is 36.4 Å². The summed E-state index contributed by atoms with van der Waals surface area (Å²) < 4.78 is 13.5. The summed E-state index contributed by atoms with van der Waals surface area (Å²) in [4.78, 5) is 22.1. The molecule has 0 spiro atoms. The summed E-state index contributed by atoms with van der Waals surface area (Å²) in [7, 11) is 0. The number of carbonyl (C=O) groups excluding carboxylic acids is 1. The maximum Gasteiger partial charge on any atom is 0.282 e. The molecule has 2 aromatic rings. The van der Waals surface area contributed by atoms with Gasteiger partial charge in [-0.3, -0.25) is 14.9 Å². The van der Waals surface area contributed by atoms with Crippen molar-refractivity contribution >= 4 is 28.9 Å². The molecule has 0 radical (unpaired) electrons. The summed E-state index contributed by atoms with van der Waals surface area (Å²) in [5.41, 5.74) is -1.11. The fourth-order valence-electron chi connectivity index (χ4n) is 1.65. The molecule has 0 bridgehead atoms. The molecular weight excluding hydrogens is 303 g/mol. The summed E-state index contributed by atoms with van der Waals surface area (Å²) in [5.74, 6) is -1.99. The van der Waals surface area contributed by atoms with Crippen LogP contribution in [0.2, 0.25) is 5.02 Å². The zero-order chi connectivity index (χ0) is 15.6. The highest BCUT2D eigenvalue weighted by molar-refractivity contribution is 6.31. The Morgan fingerprint density at radius 3 is 2.67 bits per heavy atom. The minimum absolute atomic E-state index is 0.192. The molecule has 0 fully saturated rings. The highest BCUT2D eigenvalue weighted by atomic mass is 35.5. The van der Waals surface area contributed by atoms with Gasteiger partial charge < -0.3 is 10.4 Å². The van der Waals surface area contributed by atoms with Crippen LogP contribution in [0.5, 0.6) is 5.75 Å². The molecule has 0 heterocycles. The van der Waals surface area contributed by atoms with E-state index in [-0.39, 0.29) is 22.0 Å². The first-order valence-electron chi connectivity index (χ1n) is 5.62. The molecule has 21 heavy (non-hydrogen) atoms. The van der Waals surface area contributed by atoms with Gasteiger partial charge in [-0.2, -0.15) is 0 Å². The van der Waals surface area contributed by atoms with Gasteiger partial charge in [-0.05, 0) is 30.3 Å². The zero-order valence-corrected chi connectivity index (χ0v) is 11.1. The van der Waals surface area contributed by atoms with Crippen molar-refractivity contribution in [3.05, 3.63) is 62.9 Å². The molecule has 6 nitrogen and oxygen atoms in total. The van der Waals surface area contributed by atoms with Crippen LogP contribution in [0.1, 0.15) is 10.4 Å². The SMILES string of the molecule is O=C(Nc1cc(Cl)ccc1F)c1cc(O)ccc1[N+](=O)[O-]. The highest BCUT2D eigenvalue weighted by Gasteiger charge is 2.21. The van der Waals surface area contributed by atoms with Crippen molar-refractivity contribution in [2.75, 3.05) is 5.32 Å². The molecule has 0 atom stereocenters. The molecule has 0 aliphatic heterocycles. The normalized spacial score (nSPS) is 10.2. The van der Waals surface area contributed by atoms with E-state index in [1.807, 2.05) is 0 Å². The fourth-order valence-corrected chi connectivity index (χ4v) is 1.82. The number of nitro benzene ring substituents is 1. The molecule has 0 aliphatic carbocycles. The second-order valence-electron chi connectivity index (χ2n) is 4.04. The number of benzene rings is 2. The van der Waals surface area contributed by atoms with Crippen molar-refractivity contribution in [3.63, 3.8) is 0 Å². The number of aromatic hydroxyl groups is 1. The Bertz CT molecular complexity index is 736. The number of nitrogens with zero attached hydrogens (tertiary/aromatic N) is 1. The lowest BCUT2D eigenvalue weighted by atomic mass is 10.1. The van der Waals surface area contributed by atoms with Gasteiger partial charge >= 0.3 is 0 Å². The molecule has 2 rings (SSSR count). The van der Waals surface area contributed by atoms with Crippen LogP contribution in [-0.2, 0) is 0 Å². The number of hydrogen-bond donors (Lipinski definition) is 2. The van der Waals surface area contributed by atoms with E-state index in [1.165, 1.54) is 12.1 Å². The maximum absolute atomic E-state index is 13.5. The van der Waals surface area contributed by atoms with Crippen LogP contribution in [-0.4, -0.2) is 15.9 Å². The summed E-state index contributed by atoms with van der Waals surface area (Å²) in [6.07, 6.45) is 0. The summed E-state index contributed by atoms with van der Waals surface area (Å²) in [5, 5.41) is 22.6. The van der Waals surface area contributed by atoms with E-state index >= 15 is 0 Å². The van der Waals surface area contributed by atoms with E-state index in [0.717, 1.165) is 24.3 Å². The van der Waals surface area contributed by atoms with Gasteiger partial charge in [-0.25, -0.2) is 4.39 Å². The van der Waals surface area contributed by atoms with Crippen molar-refractivity contribution in [3.8, 4) is 5.75 Å². The van der Waals surface area contributed by atoms with Crippen molar-refractivity contribution in [1.29, 1.82) is 0 Å². The Morgan fingerprint density at radius 2 is 2.00 bits per heavy atom. The molecule has 2 N–H and O–H groups in total. The van der Waals surface area contributed by atoms with Crippen LogP contribution < -0.4 is 5.32 Å². The summed E-state index contributed by atoms with van der Waals surface area (Å²) in [6.45, 7) is 0. The van der Waals surface area contributed by atoms with E-state index in [1.54, 1.807) is 0 Å². The second kappa shape index (κ2) is 5.76. The molecule has 0 aliphatic rings.